The van der Waals surface area contributed by atoms with Crippen LogP contribution in [0.2, 0.25) is 0 Å². The van der Waals surface area contributed by atoms with Gasteiger partial charge in [-0.05, 0) is 37.1 Å². The van der Waals surface area contributed by atoms with Crippen LogP contribution in [0, 0.1) is 5.82 Å². The molecule has 1 aromatic heterocycles. The molecule has 0 saturated carbocycles. The molecule has 1 aromatic carbocycles. The summed E-state index contributed by atoms with van der Waals surface area (Å²) in [4.78, 5) is 10.7. The van der Waals surface area contributed by atoms with E-state index in [0.29, 0.717) is 5.96 Å². The summed E-state index contributed by atoms with van der Waals surface area (Å²) in [5.74, 6) is 0.633. The van der Waals surface area contributed by atoms with Crippen LogP contribution in [0.1, 0.15) is 18.4 Å². The third-order valence-corrected chi connectivity index (χ3v) is 4.76. The van der Waals surface area contributed by atoms with E-state index in [-0.39, 0.29) is 23.9 Å². The van der Waals surface area contributed by atoms with Crippen molar-refractivity contribution in [3.05, 3.63) is 54.0 Å². The van der Waals surface area contributed by atoms with E-state index >= 15 is 0 Å². The lowest BCUT2D eigenvalue weighted by atomic mass is 10.1. The van der Waals surface area contributed by atoms with E-state index in [1.165, 1.54) is 18.2 Å². The normalized spacial score (nSPS) is 15.5. The minimum Gasteiger partial charge on any atom is -0.434 e. The Balaban J connectivity index is 1.53. The molecule has 0 radical (unpaired) electrons. The number of hydrogen-bond donors (Lipinski definition) is 2. The van der Waals surface area contributed by atoms with Crippen molar-refractivity contribution >= 4 is 11.8 Å². The van der Waals surface area contributed by atoms with Gasteiger partial charge in [0, 0.05) is 44.5 Å². The summed E-state index contributed by atoms with van der Waals surface area (Å²) in [7, 11) is 1.61. The fourth-order valence-electron chi connectivity index (χ4n) is 3.27. The molecule has 156 valence electrons. The SMILES string of the molecule is CN=C(NCc1c(F)cccc1OC(F)F)NC1CCN(c2ccccn2)CC1. The smallest absolute Gasteiger partial charge is 0.387 e. The van der Waals surface area contributed by atoms with Crippen molar-refractivity contribution < 1.29 is 17.9 Å². The maximum atomic E-state index is 14.1. The Morgan fingerprint density at radius 1 is 1.24 bits per heavy atom. The van der Waals surface area contributed by atoms with Gasteiger partial charge in [-0.3, -0.25) is 4.99 Å². The van der Waals surface area contributed by atoms with Crippen molar-refractivity contribution in [3.8, 4) is 5.75 Å². The van der Waals surface area contributed by atoms with Crippen LogP contribution in [0.4, 0.5) is 19.0 Å². The quantitative estimate of drug-likeness (QED) is 0.569. The second kappa shape index (κ2) is 9.99. The van der Waals surface area contributed by atoms with Gasteiger partial charge in [-0.15, -0.1) is 0 Å². The third-order valence-electron chi connectivity index (χ3n) is 4.76. The van der Waals surface area contributed by atoms with Gasteiger partial charge in [0.1, 0.15) is 17.4 Å². The Kier molecular flexibility index (Phi) is 7.15. The lowest BCUT2D eigenvalue weighted by molar-refractivity contribution is -0.0506. The fourth-order valence-corrected chi connectivity index (χ4v) is 3.27. The van der Waals surface area contributed by atoms with E-state index in [4.69, 9.17) is 0 Å². The number of aromatic nitrogens is 1. The fraction of sp³-hybridized carbons (Fsp3) is 0.400. The number of hydrogen-bond acceptors (Lipinski definition) is 4. The summed E-state index contributed by atoms with van der Waals surface area (Å²) < 4.78 is 43.6. The molecule has 1 saturated heterocycles. The maximum absolute atomic E-state index is 14.1. The summed E-state index contributed by atoms with van der Waals surface area (Å²) in [6, 6.07) is 9.89. The summed E-state index contributed by atoms with van der Waals surface area (Å²) in [6.07, 6.45) is 3.55. The molecular formula is C20H24F3N5O. The molecule has 1 aliphatic heterocycles. The zero-order chi connectivity index (χ0) is 20.6. The molecule has 1 aliphatic rings. The van der Waals surface area contributed by atoms with Crippen molar-refractivity contribution in [2.24, 2.45) is 4.99 Å². The van der Waals surface area contributed by atoms with Gasteiger partial charge in [-0.2, -0.15) is 8.78 Å². The summed E-state index contributed by atoms with van der Waals surface area (Å²) >= 11 is 0. The zero-order valence-electron chi connectivity index (χ0n) is 16.1. The topological polar surface area (TPSA) is 61.8 Å². The summed E-state index contributed by atoms with van der Waals surface area (Å²) in [5.41, 5.74) is 0.0284. The molecular weight excluding hydrogens is 383 g/mol. The molecule has 0 bridgehead atoms. The van der Waals surface area contributed by atoms with Crippen LogP contribution in [0.5, 0.6) is 5.75 Å². The molecule has 2 heterocycles. The Hall–Kier alpha value is -2.97. The highest BCUT2D eigenvalue weighted by atomic mass is 19.3. The minimum atomic E-state index is -3.02. The van der Waals surface area contributed by atoms with Gasteiger partial charge in [0.2, 0.25) is 0 Å². The predicted molar refractivity (Wildman–Crippen MR) is 106 cm³/mol. The van der Waals surface area contributed by atoms with Crippen LogP contribution < -0.4 is 20.3 Å². The number of nitrogens with zero attached hydrogens (tertiary/aromatic N) is 3. The molecule has 0 unspecified atom stereocenters. The lowest BCUT2D eigenvalue weighted by Gasteiger charge is -2.33. The van der Waals surface area contributed by atoms with Crippen LogP contribution in [-0.2, 0) is 6.54 Å². The number of aliphatic imine (C=N–C) groups is 1. The van der Waals surface area contributed by atoms with Crippen LogP contribution in [0.3, 0.4) is 0 Å². The molecule has 6 nitrogen and oxygen atoms in total. The number of guanidine groups is 1. The summed E-state index contributed by atoms with van der Waals surface area (Å²) in [5, 5.41) is 6.29. The molecule has 0 atom stereocenters. The molecule has 0 amide bonds. The van der Waals surface area contributed by atoms with E-state index < -0.39 is 12.4 Å². The molecule has 2 aromatic rings. The number of nitrogens with one attached hydrogen (secondary N) is 2. The van der Waals surface area contributed by atoms with Crippen molar-refractivity contribution in [2.75, 3.05) is 25.0 Å². The van der Waals surface area contributed by atoms with Gasteiger partial charge in [0.25, 0.3) is 0 Å². The van der Waals surface area contributed by atoms with Crippen LogP contribution in [0.25, 0.3) is 0 Å². The van der Waals surface area contributed by atoms with Crippen LogP contribution in [-0.4, -0.2) is 43.7 Å². The predicted octanol–water partition coefficient (Wildman–Crippen LogP) is 3.16. The Bertz CT molecular complexity index is 811. The first-order chi connectivity index (χ1) is 14.1. The lowest BCUT2D eigenvalue weighted by Crippen LogP contribution is -2.48. The second-order valence-electron chi connectivity index (χ2n) is 6.61. The monoisotopic (exact) mass is 407 g/mol. The largest absolute Gasteiger partial charge is 0.434 e. The average molecular weight is 407 g/mol. The van der Waals surface area contributed by atoms with E-state index in [1.807, 2.05) is 18.2 Å². The molecule has 9 heteroatoms. The Labute approximate surface area is 167 Å². The first kappa shape index (κ1) is 20.8. The third kappa shape index (κ3) is 5.75. The number of halogens is 3. The minimum absolute atomic E-state index is 0.0266. The van der Waals surface area contributed by atoms with Gasteiger partial charge >= 0.3 is 6.61 Å². The Morgan fingerprint density at radius 3 is 2.69 bits per heavy atom. The number of pyridine rings is 1. The van der Waals surface area contributed by atoms with Gasteiger partial charge in [-0.25, -0.2) is 9.37 Å². The molecule has 0 spiro atoms. The maximum Gasteiger partial charge on any atom is 0.387 e. The van der Waals surface area contributed by atoms with Crippen molar-refractivity contribution in [2.45, 2.75) is 32.0 Å². The van der Waals surface area contributed by atoms with Gasteiger partial charge in [0.15, 0.2) is 5.96 Å². The van der Waals surface area contributed by atoms with E-state index in [2.05, 4.69) is 30.2 Å². The number of rotatable bonds is 6. The molecule has 0 aliphatic carbocycles. The van der Waals surface area contributed by atoms with Gasteiger partial charge in [0.05, 0.1) is 0 Å². The van der Waals surface area contributed by atoms with Gasteiger partial charge in [-0.1, -0.05) is 12.1 Å². The highest BCUT2D eigenvalue weighted by Crippen LogP contribution is 2.23. The first-order valence-electron chi connectivity index (χ1n) is 9.42. The highest BCUT2D eigenvalue weighted by Gasteiger charge is 2.21. The van der Waals surface area contributed by atoms with Gasteiger partial charge < -0.3 is 20.3 Å². The highest BCUT2D eigenvalue weighted by molar-refractivity contribution is 5.80. The summed E-state index contributed by atoms with van der Waals surface area (Å²) in [6.45, 7) is -1.34. The van der Waals surface area contributed by atoms with E-state index in [1.54, 1.807) is 13.2 Å². The number of anilines is 1. The van der Waals surface area contributed by atoms with Crippen molar-refractivity contribution in [3.63, 3.8) is 0 Å². The first-order valence-corrected chi connectivity index (χ1v) is 9.42. The number of benzene rings is 1. The number of piperidine rings is 1. The Morgan fingerprint density at radius 2 is 2.03 bits per heavy atom. The molecule has 2 N–H and O–H groups in total. The van der Waals surface area contributed by atoms with Crippen molar-refractivity contribution in [1.82, 2.24) is 15.6 Å². The molecule has 1 fully saturated rings. The second-order valence-corrected chi connectivity index (χ2v) is 6.61. The standard InChI is InChI=1S/C20H24F3N5O/c1-24-20(26-13-15-16(21)5-4-6-17(15)29-19(22)23)27-14-8-11-28(12-9-14)18-7-2-3-10-25-18/h2-7,10,14,19H,8-9,11-13H2,1H3,(H2,24,26,27). The van der Waals surface area contributed by atoms with Crippen LogP contribution >= 0.6 is 0 Å². The van der Waals surface area contributed by atoms with E-state index in [0.717, 1.165) is 31.7 Å². The van der Waals surface area contributed by atoms with E-state index in [9.17, 15) is 13.2 Å². The number of alkyl halides is 2. The average Bonchev–Trinajstić information content (AvgIpc) is 2.73. The number of ether oxygens (including phenoxy) is 1. The van der Waals surface area contributed by atoms with Crippen LogP contribution in [0.15, 0.2) is 47.6 Å². The molecule has 3 rings (SSSR count). The zero-order valence-corrected chi connectivity index (χ0v) is 16.1. The molecule has 29 heavy (non-hydrogen) atoms. The van der Waals surface area contributed by atoms with Crippen molar-refractivity contribution in [1.29, 1.82) is 0 Å².